The molecule has 30 heavy (non-hydrogen) atoms. The van der Waals surface area contributed by atoms with Gasteiger partial charge in [-0.2, -0.15) is 0 Å². The molecule has 9 heteroatoms. The highest BCUT2D eigenvalue weighted by atomic mass is 79.9. The first-order valence-corrected chi connectivity index (χ1v) is 11.5. The van der Waals surface area contributed by atoms with E-state index in [1.807, 2.05) is 11.4 Å². The van der Waals surface area contributed by atoms with E-state index in [9.17, 15) is 18.8 Å². The lowest BCUT2D eigenvalue weighted by Crippen LogP contribution is -2.54. The van der Waals surface area contributed by atoms with Crippen molar-refractivity contribution >= 4 is 45.0 Å². The molecule has 158 valence electrons. The van der Waals surface area contributed by atoms with Gasteiger partial charge < -0.3 is 14.7 Å². The van der Waals surface area contributed by atoms with E-state index < -0.39 is 17.6 Å². The van der Waals surface area contributed by atoms with Gasteiger partial charge in [0.1, 0.15) is 5.82 Å². The van der Waals surface area contributed by atoms with E-state index in [0.717, 1.165) is 22.2 Å². The molecule has 1 aliphatic carbocycles. The Morgan fingerprint density at radius 1 is 1.07 bits per heavy atom. The molecule has 1 aliphatic heterocycles. The molecule has 0 spiro atoms. The van der Waals surface area contributed by atoms with E-state index in [2.05, 4.69) is 15.9 Å². The van der Waals surface area contributed by atoms with Crippen LogP contribution in [0.4, 0.5) is 4.39 Å². The molecule has 4 rings (SSSR count). The molecule has 1 aromatic carbocycles. The second-order valence-corrected chi connectivity index (χ2v) is 9.81. The van der Waals surface area contributed by atoms with Crippen LogP contribution in [0.3, 0.4) is 0 Å². The van der Waals surface area contributed by atoms with Crippen molar-refractivity contribution in [3.8, 4) is 0 Å². The predicted octanol–water partition coefficient (Wildman–Crippen LogP) is 3.13. The van der Waals surface area contributed by atoms with Gasteiger partial charge in [-0.05, 0) is 70.0 Å². The molecule has 0 N–H and O–H groups in total. The summed E-state index contributed by atoms with van der Waals surface area (Å²) in [5.74, 6) is -1.57. The third-order valence-corrected chi connectivity index (χ3v) is 6.90. The third kappa shape index (κ3) is 4.73. The molecule has 0 unspecified atom stereocenters. The summed E-state index contributed by atoms with van der Waals surface area (Å²) in [5, 5.41) is 1.98. The standard InChI is InChI=1S/C21H21BrFN3O3S/c22-18-11-14(13-30-18)12-26(17-5-6-17)21(29)20(28)25-9-7-24(8-10-25)19(27)15-1-3-16(23)4-2-15/h1-4,11,13,17H,5-10,12H2. The molecule has 1 saturated carbocycles. The van der Waals surface area contributed by atoms with E-state index in [-0.39, 0.29) is 11.9 Å². The average Bonchev–Trinajstić information content (AvgIpc) is 3.52. The maximum atomic E-state index is 13.1. The minimum Gasteiger partial charge on any atom is -0.335 e. The molecule has 0 atom stereocenters. The van der Waals surface area contributed by atoms with Crippen molar-refractivity contribution in [3.63, 3.8) is 0 Å². The van der Waals surface area contributed by atoms with Crippen molar-refractivity contribution in [2.24, 2.45) is 0 Å². The number of carbonyl (C=O) groups excluding carboxylic acids is 3. The predicted molar refractivity (Wildman–Crippen MR) is 114 cm³/mol. The number of thiophene rings is 1. The quantitative estimate of drug-likeness (QED) is 0.614. The number of hydrogen-bond acceptors (Lipinski definition) is 4. The second-order valence-electron chi connectivity index (χ2n) is 7.51. The number of rotatable bonds is 4. The number of benzene rings is 1. The highest BCUT2D eigenvalue weighted by Gasteiger charge is 2.38. The number of nitrogens with zero attached hydrogens (tertiary/aromatic N) is 3. The van der Waals surface area contributed by atoms with Gasteiger partial charge in [0.05, 0.1) is 3.79 Å². The first-order chi connectivity index (χ1) is 14.4. The smallest absolute Gasteiger partial charge is 0.312 e. The molecular weight excluding hydrogens is 473 g/mol. The Labute approximate surface area is 186 Å². The maximum Gasteiger partial charge on any atom is 0.312 e. The average molecular weight is 494 g/mol. The van der Waals surface area contributed by atoms with Gasteiger partial charge in [0.15, 0.2) is 0 Å². The van der Waals surface area contributed by atoms with E-state index in [1.165, 1.54) is 29.2 Å². The summed E-state index contributed by atoms with van der Waals surface area (Å²) in [6, 6.07) is 7.51. The zero-order chi connectivity index (χ0) is 21.3. The van der Waals surface area contributed by atoms with Crippen molar-refractivity contribution < 1.29 is 18.8 Å². The highest BCUT2D eigenvalue weighted by Crippen LogP contribution is 2.30. The molecular formula is C21H21BrFN3O3S. The van der Waals surface area contributed by atoms with Gasteiger partial charge in [0.2, 0.25) is 0 Å². The van der Waals surface area contributed by atoms with Gasteiger partial charge >= 0.3 is 11.8 Å². The van der Waals surface area contributed by atoms with Gasteiger partial charge in [-0.3, -0.25) is 14.4 Å². The largest absolute Gasteiger partial charge is 0.335 e. The first kappa shape index (κ1) is 21.0. The van der Waals surface area contributed by atoms with Crippen LogP contribution in [0.25, 0.3) is 0 Å². The lowest BCUT2D eigenvalue weighted by atomic mass is 10.1. The fourth-order valence-corrected chi connectivity index (χ4v) is 4.72. The Bertz CT molecular complexity index is 953. The third-order valence-electron chi connectivity index (χ3n) is 5.35. The summed E-state index contributed by atoms with van der Waals surface area (Å²) in [6.45, 7) is 1.73. The van der Waals surface area contributed by atoms with Gasteiger partial charge in [0, 0.05) is 44.3 Å². The van der Waals surface area contributed by atoms with E-state index in [4.69, 9.17) is 0 Å². The van der Waals surface area contributed by atoms with Crippen LogP contribution in [0.15, 0.2) is 39.5 Å². The van der Waals surface area contributed by atoms with Crippen LogP contribution < -0.4 is 0 Å². The van der Waals surface area contributed by atoms with E-state index >= 15 is 0 Å². The summed E-state index contributed by atoms with van der Waals surface area (Å²) >= 11 is 4.98. The molecule has 1 saturated heterocycles. The summed E-state index contributed by atoms with van der Waals surface area (Å²) in [5.41, 5.74) is 1.42. The van der Waals surface area contributed by atoms with Crippen LogP contribution >= 0.6 is 27.3 Å². The molecule has 0 radical (unpaired) electrons. The van der Waals surface area contributed by atoms with Gasteiger partial charge in [0.25, 0.3) is 5.91 Å². The lowest BCUT2D eigenvalue weighted by Gasteiger charge is -2.35. The van der Waals surface area contributed by atoms with Crippen LogP contribution in [0.5, 0.6) is 0 Å². The summed E-state index contributed by atoms with van der Waals surface area (Å²) in [7, 11) is 0. The number of halogens is 2. The molecule has 2 fully saturated rings. The lowest BCUT2D eigenvalue weighted by molar-refractivity contribution is -0.153. The Balaban J connectivity index is 1.35. The zero-order valence-corrected chi connectivity index (χ0v) is 18.6. The minimum absolute atomic E-state index is 0.126. The Hall–Kier alpha value is -2.26. The Kier molecular flexibility index (Phi) is 6.19. The fourth-order valence-electron chi connectivity index (χ4n) is 3.52. The molecule has 0 bridgehead atoms. The van der Waals surface area contributed by atoms with Crippen LogP contribution in [-0.2, 0) is 16.1 Å². The molecule has 2 aliphatic rings. The minimum atomic E-state index is -0.509. The Morgan fingerprint density at radius 3 is 2.27 bits per heavy atom. The van der Waals surface area contributed by atoms with Crippen molar-refractivity contribution in [2.45, 2.75) is 25.4 Å². The number of amides is 3. The van der Waals surface area contributed by atoms with Crippen LogP contribution in [0.2, 0.25) is 0 Å². The normalized spacial score (nSPS) is 16.5. The summed E-state index contributed by atoms with van der Waals surface area (Å²) in [6.07, 6.45) is 1.84. The van der Waals surface area contributed by atoms with Gasteiger partial charge in [-0.1, -0.05) is 0 Å². The molecule has 3 amide bonds. The first-order valence-electron chi connectivity index (χ1n) is 9.80. The maximum absolute atomic E-state index is 13.1. The fraction of sp³-hybridized carbons (Fsp3) is 0.381. The van der Waals surface area contributed by atoms with Gasteiger partial charge in [-0.15, -0.1) is 11.3 Å². The molecule has 1 aromatic heterocycles. The Morgan fingerprint density at radius 2 is 1.70 bits per heavy atom. The van der Waals surface area contributed by atoms with Crippen molar-refractivity contribution in [2.75, 3.05) is 26.2 Å². The van der Waals surface area contributed by atoms with E-state index in [1.54, 1.807) is 21.1 Å². The van der Waals surface area contributed by atoms with E-state index in [0.29, 0.717) is 38.3 Å². The molecule has 2 heterocycles. The highest BCUT2D eigenvalue weighted by molar-refractivity contribution is 9.11. The monoisotopic (exact) mass is 493 g/mol. The molecule has 2 aromatic rings. The SMILES string of the molecule is O=C(C(=O)N(Cc1csc(Br)c1)C1CC1)N1CCN(C(=O)c2ccc(F)cc2)CC1. The number of piperazine rings is 1. The summed E-state index contributed by atoms with van der Waals surface area (Å²) in [4.78, 5) is 43.1. The second kappa shape index (κ2) is 8.85. The van der Waals surface area contributed by atoms with Crippen LogP contribution in [0.1, 0.15) is 28.8 Å². The number of hydrogen-bond donors (Lipinski definition) is 0. The van der Waals surface area contributed by atoms with Crippen LogP contribution in [0, 0.1) is 5.82 Å². The molecule has 6 nitrogen and oxygen atoms in total. The van der Waals surface area contributed by atoms with Crippen molar-refractivity contribution in [1.29, 1.82) is 0 Å². The summed E-state index contributed by atoms with van der Waals surface area (Å²) < 4.78 is 14.1. The zero-order valence-electron chi connectivity index (χ0n) is 16.2. The van der Waals surface area contributed by atoms with Crippen molar-refractivity contribution in [3.05, 3.63) is 56.4 Å². The topological polar surface area (TPSA) is 60.9 Å². The number of carbonyl (C=O) groups is 3. The van der Waals surface area contributed by atoms with Crippen LogP contribution in [-0.4, -0.2) is 64.6 Å². The van der Waals surface area contributed by atoms with Gasteiger partial charge in [-0.25, -0.2) is 4.39 Å². The van der Waals surface area contributed by atoms with Crippen molar-refractivity contribution in [1.82, 2.24) is 14.7 Å².